The first-order chi connectivity index (χ1) is 22.7. The van der Waals surface area contributed by atoms with Crippen LogP contribution in [0.4, 0.5) is 14.5 Å². The lowest BCUT2D eigenvalue weighted by molar-refractivity contribution is -0.138. The van der Waals surface area contributed by atoms with Gasteiger partial charge in [0.15, 0.2) is 17.3 Å². The molecular weight excluding hydrogens is 628 g/mol. The zero-order valence-corrected chi connectivity index (χ0v) is 25.2. The molecule has 3 amide bonds. The van der Waals surface area contributed by atoms with Crippen LogP contribution in [0, 0.1) is 29.4 Å². The van der Waals surface area contributed by atoms with Crippen molar-refractivity contribution >= 4 is 45.9 Å². The molecule has 1 saturated carbocycles. The fraction of sp³-hybridized carbons (Fsp3) is 0.176. The Kier molecular flexibility index (Phi) is 7.61. The van der Waals surface area contributed by atoms with E-state index in [2.05, 4.69) is 32.2 Å². The van der Waals surface area contributed by atoms with Gasteiger partial charge in [-0.15, -0.1) is 0 Å². The second-order valence-corrected chi connectivity index (χ2v) is 11.7. The minimum Gasteiger partial charge on any atom is -0.364 e. The number of nitrogens with two attached hydrogens (primary N) is 1. The standard InChI is InChI=1S/C34H24ClF2N7O3/c35-24-6-2-1-4-21(24)22-5-3-7-25(31(22)37)41-34(47)28-14-19-13-27(19)44(28)30(45)17-43-26-10-8-18(12-23(26)32(42-43)33(38)46)9-11-29-39-15-20(36)16-40-29/h1-8,10,12,15-16,19,27-28H,13-14,17H2,(H2,38,46)(H,41,47)/t19-,27-,28+/m1/s1. The van der Waals surface area contributed by atoms with E-state index in [1.165, 1.54) is 15.6 Å². The van der Waals surface area contributed by atoms with Crippen LogP contribution in [0.2, 0.25) is 5.02 Å². The molecule has 2 fully saturated rings. The number of fused-ring (bicyclic) bond motifs is 2. The van der Waals surface area contributed by atoms with Crippen molar-refractivity contribution in [3.8, 4) is 23.0 Å². The van der Waals surface area contributed by atoms with Crippen molar-refractivity contribution in [1.29, 1.82) is 0 Å². The van der Waals surface area contributed by atoms with E-state index in [0.717, 1.165) is 18.8 Å². The summed E-state index contributed by atoms with van der Waals surface area (Å²) in [7, 11) is 0. The van der Waals surface area contributed by atoms with E-state index < -0.39 is 29.5 Å². The number of hydrogen-bond donors (Lipinski definition) is 2. The van der Waals surface area contributed by atoms with E-state index in [4.69, 9.17) is 17.3 Å². The van der Waals surface area contributed by atoms with Crippen LogP contribution in [-0.4, -0.2) is 54.5 Å². The molecule has 3 aromatic carbocycles. The van der Waals surface area contributed by atoms with E-state index in [1.807, 2.05) is 0 Å². The van der Waals surface area contributed by atoms with Crippen molar-refractivity contribution < 1.29 is 23.2 Å². The van der Waals surface area contributed by atoms with Crippen LogP contribution in [0.25, 0.3) is 22.0 Å². The lowest BCUT2D eigenvalue weighted by atomic mass is 10.0. The molecule has 0 unspecified atom stereocenters. The smallest absolute Gasteiger partial charge is 0.269 e. The molecule has 13 heteroatoms. The number of nitrogens with one attached hydrogen (secondary N) is 1. The molecule has 2 aromatic heterocycles. The molecule has 1 aliphatic heterocycles. The molecule has 5 aromatic rings. The molecule has 3 heterocycles. The summed E-state index contributed by atoms with van der Waals surface area (Å²) in [4.78, 5) is 48.7. The summed E-state index contributed by atoms with van der Waals surface area (Å²) in [5, 5.41) is 7.75. The van der Waals surface area contributed by atoms with Gasteiger partial charge in [-0.3, -0.25) is 19.1 Å². The van der Waals surface area contributed by atoms with Crippen LogP contribution < -0.4 is 11.1 Å². The molecule has 0 spiro atoms. The van der Waals surface area contributed by atoms with Crippen molar-refractivity contribution in [3.63, 3.8) is 0 Å². The molecule has 10 nitrogen and oxygen atoms in total. The molecular formula is C34H24ClF2N7O3. The third-order valence-electron chi connectivity index (χ3n) is 8.32. The Labute approximate surface area is 271 Å². The summed E-state index contributed by atoms with van der Waals surface area (Å²) >= 11 is 6.29. The number of likely N-dealkylation sites (tertiary alicyclic amines) is 1. The zero-order valence-electron chi connectivity index (χ0n) is 24.5. The summed E-state index contributed by atoms with van der Waals surface area (Å²) in [6, 6.07) is 15.5. The van der Waals surface area contributed by atoms with Gasteiger partial charge in [-0.1, -0.05) is 47.9 Å². The average molecular weight is 652 g/mol. The highest BCUT2D eigenvalue weighted by Crippen LogP contribution is 2.48. The van der Waals surface area contributed by atoms with Gasteiger partial charge in [-0.2, -0.15) is 5.10 Å². The van der Waals surface area contributed by atoms with Crippen LogP contribution in [0.1, 0.15) is 34.7 Å². The molecule has 1 saturated heterocycles. The van der Waals surface area contributed by atoms with Gasteiger partial charge in [0.25, 0.3) is 5.91 Å². The minimum absolute atomic E-state index is 0.0190. The zero-order chi connectivity index (χ0) is 32.8. The Morgan fingerprint density at radius 2 is 1.74 bits per heavy atom. The number of aromatic nitrogens is 4. The van der Waals surface area contributed by atoms with Crippen molar-refractivity contribution in [2.45, 2.75) is 31.5 Å². The predicted molar refractivity (Wildman–Crippen MR) is 169 cm³/mol. The molecule has 3 N–H and O–H groups in total. The van der Waals surface area contributed by atoms with Crippen LogP contribution in [0.3, 0.4) is 0 Å². The highest BCUT2D eigenvalue weighted by atomic mass is 35.5. The molecule has 1 aliphatic carbocycles. The summed E-state index contributed by atoms with van der Waals surface area (Å²) in [5.74, 6) is 2.97. The normalized spacial score (nSPS) is 17.9. The molecule has 3 atom stereocenters. The van der Waals surface area contributed by atoms with Gasteiger partial charge in [0.1, 0.15) is 12.6 Å². The molecule has 47 heavy (non-hydrogen) atoms. The first-order valence-electron chi connectivity index (χ1n) is 14.6. The minimum atomic E-state index is -0.817. The number of primary amides is 1. The number of nitrogens with zero attached hydrogens (tertiary/aromatic N) is 5. The molecule has 7 rings (SSSR count). The van der Waals surface area contributed by atoms with Gasteiger partial charge >= 0.3 is 0 Å². The molecule has 0 bridgehead atoms. The fourth-order valence-corrected chi connectivity index (χ4v) is 6.29. The van der Waals surface area contributed by atoms with Gasteiger partial charge in [-0.05, 0) is 55.0 Å². The third kappa shape index (κ3) is 5.77. The van der Waals surface area contributed by atoms with Crippen LogP contribution >= 0.6 is 11.6 Å². The number of piperidine rings is 1. The maximum atomic E-state index is 15.6. The Hall–Kier alpha value is -5.67. The monoisotopic (exact) mass is 651 g/mol. The lowest BCUT2D eigenvalue weighted by Gasteiger charge is -2.27. The summed E-state index contributed by atoms with van der Waals surface area (Å²) < 4.78 is 30.1. The summed E-state index contributed by atoms with van der Waals surface area (Å²) in [5.41, 5.74) is 7.22. The summed E-state index contributed by atoms with van der Waals surface area (Å²) in [6.07, 6.45) is 3.21. The Bertz CT molecular complexity index is 2160. The number of rotatable bonds is 6. The van der Waals surface area contributed by atoms with E-state index in [1.54, 1.807) is 54.6 Å². The fourth-order valence-electron chi connectivity index (χ4n) is 6.06. The summed E-state index contributed by atoms with van der Waals surface area (Å²) in [6.45, 7) is -0.262. The second-order valence-electron chi connectivity index (χ2n) is 11.3. The van der Waals surface area contributed by atoms with Crippen LogP contribution in [-0.2, 0) is 16.1 Å². The van der Waals surface area contributed by atoms with Gasteiger partial charge in [0.05, 0.1) is 23.6 Å². The highest BCUT2D eigenvalue weighted by Gasteiger charge is 2.56. The lowest BCUT2D eigenvalue weighted by Crippen LogP contribution is -2.46. The van der Waals surface area contributed by atoms with Crippen molar-refractivity contribution in [3.05, 3.63) is 107 Å². The van der Waals surface area contributed by atoms with Crippen molar-refractivity contribution in [1.82, 2.24) is 24.6 Å². The first-order valence-corrected chi connectivity index (χ1v) is 15.0. The Morgan fingerprint density at radius 1 is 0.979 bits per heavy atom. The highest BCUT2D eigenvalue weighted by molar-refractivity contribution is 6.33. The molecule has 2 aliphatic rings. The topological polar surface area (TPSA) is 136 Å². The van der Waals surface area contributed by atoms with Gasteiger partial charge < -0.3 is 16.0 Å². The number of carbonyl (C=O) groups is 3. The Morgan fingerprint density at radius 3 is 2.51 bits per heavy atom. The predicted octanol–water partition coefficient (Wildman–Crippen LogP) is 4.55. The van der Waals surface area contributed by atoms with E-state index >= 15 is 4.39 Å². The third-order valence-corrected chi connectivity index (χ3v) is 8.65. The number of benzene rings is 3. The average Bonchev–Trinajstić information content (AvgIpc) is 3.57. The maximum Gasteiger partial charge on any atom is 0.269 e. The largest absolute Gasteiger partial charge is 0.364 e. The van der Waals surface area contributed by atoms with E-state index in [-0.39, 0.29) is 47.2 Å². The maximum absolute atomic E-state index is 15.6. The number of anilines is 1. The number of hydrogen-bond acceptors (Lipinski definition) is 6. The Balaban J connectivity index is 1.12. The van der Waals surface area contributed by atoms with Gasteiger partial charge in [0.2, 0.25) is 17.6 Å². The number of amides is 3. The number of carbonyl (C=O) groups excluding carboxylic acids is 3. The van der Waals surface area contributed by atoms with E-state index in [0.29, 0.717) is 33.5 Å². The van der Waals surface area contributed by atoms with Crippen molar-refractivity contribution in [2.75, 3.05) is 5.32 Å². The van der Waals surface area contributed by atoms with Crippen molar-refractivity contribution in [2.24, 2.45) is 11.7 Å². The van der Waals surface area contributed by atoms with Crippen LogP contribution in [0.15, 0.2) is 73.1 Å². The molecule has 0 radical (unpaired) electrons. The SMILES string of the molecule is NC(=O)c1nn(CC(=O)N2[C@@H]3C[C@@H]3C[C@H]2C(=O)Nc2cccc(-c3ccccc3Cl)c2F)c2ccc(C#Cc3ncc(F)cn3)cc12. The first kappa shape index (κ1) is 30.0. The van der Waals surface area contributed by atoms with Gasteiger partial charge in [-0.25, -0.2) is 18.7 Å². The molecule has 234 valence electrons. The van der Waals surface area contributed by atoms with Crippen LogP contribution in [0.5, 0.6) is 0 Å². The van der Waals surface area contributed by atoms with E-state index in [9.17, 15) is 18.8 Å². The quantitative estimate of drug-likeness (QED) is 0.259. The second kappa shape index (κ2) is 11.9. The number of halogens is 3. The van der Waals surface area contributed by atoms with Gasteiger partial charge in [0, 0.05) is 33.1 Å².